The smallest absolute Gasteiger partial charge is 0.321 e. The number of rotatable bonds is 6. The fourth-order valence-electron chi connectivity index (χ4n) is 1.82. The molecule has 0 amide bonds. The second-order valence-electron chi connectivity index (χ2n) is 5.14. The van der Waals surface area contributed by atoms with Gasteiger partial charge in [-0.05, 0) is 59.9 Å². The van der Waals surface area contributed by atoms with Crippen molar-refractivity contribution in [3.05, 3.63) is 43.2 Å². The Morgan fingerprint density at radius 3 is 2.03 bits per heavy atom. The van der Waals surface area contributed by atoms with Crippen LogP contribution in [0.3, 0.4) is 0 Å². The van der Waals surface area contributed by atoms with E-state index < -0.39 is 31.8 Å². The van der Waals surface area contributed by atoms with Gasteiger partial charge in [-0.2, -0.15) is 9.97 Å². The Bertz CT molecular complexity index is 989. The van der Waals surface area contributed by atoms with Gasteiger partial charge in [-0.3, -0.25) is 0 Å². The first-order valence-electron chi connectivity index (χ1n) is 7.60. The highest BCUT2D eigenvalue weighted by Crippen LogP contribution is 2.26. The average molecular weight is 647 g/mol. The Hall–Kier alpha value is -1.32. The Kier molecular flexibility index (Phi) is 9.43. The van der Waals surface area contributed by atoms with Gasteiger partial charge in [-0.25, -0.2) is 31.3 Å². The molecule has 0 aliphatic carbocycles. The summed E-state index contributed by atoms with van der Waals surface area (Å²) >= 11 is 14.5. The summed E-state index contributed by atoms with van der Waals surface area (Å²) in [5, 5.41) is 7.20. The number of alkyl halides is 4. The molecule has 0 fully saturated rings. The van der Waals surface area contributed by atoms with Crippen molar-refractivity contribution in [1.82, 2.24) is 29.5 Å². The van der Waals surface area contributed by atoms with Crippen LogP contribution in [-0.2, 0) is 13.1 Å². The Morgan fingerprint density at radius 1 is 0.933 bits per heavy atom. The van der Waals surface area contributed by atoms with Crippen molar-refractivity contribution in [2.45, 2.75) is 25.9 Å². The van der Waals surface area contributed by atoms with Crippen molar-refractivity contribution in [3.8, 4) is 11.8 Å². The fourth-order valence-corrected chi connectivity index (χ4v) is 3.32. The molecule has 0 spiro atoms. The largest absolute Gasteiger partial charge is 0.424 e. The molecule has 16 heteroatoms. The van der Waals surface area contributed by atoms with Gasteiger partial charge in [0.25, 0.3) is 12.9 Å². The van der Waals surface area contributed by atoms with E-state index in [1.165, 1.54) is 12.1 Å². The van der Waals surface area contributed by atoms with E-state index >= 15 is 0 Å². The van der Waals surface area contributed by atoms with Crippen LogP contribution in [0.2, 0.25) is 5.02 Å². The standard InChI is InChI=1S/C10H6BrClF3N3O.C4H3Br2F2N3/c11-9-16-10(18(17-9)4-8(14)15)19-5-1-2-7(13)6(12)3-5;5-3-9-4(6)11(10-3)1-2(7)8/h1-3,8H,4H2;2H,1H2. The van der Waals surface area contributed by atoms with Crippen molar-refractivity contribution in [2.24, 2.45) is 0 Å². The monoisotopic (exact) mass is 644 g/mol. The lowest BCUT2D eigenvalue weighted by Gasteiger charge is -2.07. The summed E-state index contributed by atoms with van der Waals surface area (Å²) < 4.78 is 69.1. The van der Waals surface area contributed by atoms with E-state index in [4.69, 9.17) is 16.3 Å². The molecule has 7 nitrogen and oxygen atoms in total. The first-order valence-corrected chi connectivity index (χ1v) is 10.4. The summed E-state index contributed by atoms with van der Waals surface area (Å²) in [5.74, 6) is -0.439. The molecule has 0 atom stereocenters. The van der Waals surface area contributed by atoms with Gasteiger partial charge < -0.3 is 4.74 Å². The number of halogens is 9. The number of benzene rings is 1. The van der Waals surface area contributed by atoms with E-state index in [-0.39, 0.29) is 21.5 Å². The molecular weight excluding hydrogens is 638 g/mol. The van der Waals surface area contributed by atoms with Crippen molar-refractivity contribution in [1.29, 1.82) is 0 Å². The SMILES string of the molecule is FC(F)Cn1nc(Br)nc1Br.Fc1ccc(Oc2nc(Br)nn2CC(F)F)cc1Cl. The maximum Gasteiger partial charge on any atom is 0.321 e. The molecule has 0 unspecified atom stereocenters. The summed E-state index contributed by atoms with van der Waals surface area (Å²) in [6.07, 6.45) is -5.02. The first kappa shape index (κ1) is 24.9. The van der Waals surface area contributed by atoms with Crippen molar-refractivity contribution in [3.63, 3.8) is 0 Å². The Balaban J connectivity index is 0.000000248. The maximum atomic E-state index is 13.0. The molecule has 0 bridgehead atoms. The van der Waals surface area contributed by atoms with Crippen LogP contribution in [0.4, 0.5) is 22.0 Å². The van der Waals surface area contributed by atoms with E-state index in [2.05, 4.69) is 68.0 Å². The van der Waals surface area contributed by atoms with Gasteiger partial charge in [0.05, 0.1) is 5.02 Å². The highest BCUT2D eigenvalue weighted by molar-refractivity contribution is 9.11. The van der Waals surface area contributed by atoms with Gasteiger partial charge in [-0.1, -0.05) is 11.6 Å². The Morgan fingerprint density at radius 2 is 1.50 bits per heavy atom. The highest BCUT2D eigenvalue weighted by Gasteiger charge is 2.15. The maximum absolute atomic E-state index is 13.0. The molecule has 0 aliphatic rings. The molecule has 2 heterocycles. The third kappa shape index (κ3) is 7.74. The highest BCUT2D eigenvalue weighted by atomic mass is 79.9. The van der Waals surface area contributed by atoms with Crippen molar-refractivity contribution < 1.29 is 26.7 Å². The predicted octanol–water partition coefficient (Wildman–Crippen LogP) is 5.96. The lowest BCUT2D eigenvalue weighted by Crippen LogP contribution is -2.09. The van der Waals surface area contributed by atoms with Gasteiger partial charge in [-0.15, -0.1) is 10.2 Å². The first-order chi connectivity index (χ1) is 14.0. The van der Waals surface area contributed by atoms with Crippen molar-refractivity contribution in [2.75, 3.05) is 0 Å². The molecule has 0 radical (unpaired) electrons. The number of nitrogens with zero attached hydrogens (tertiary/aromatic N) is 6. The molecule has 3 aromatic rings. The van der Waals surface area contributed by atoms with Crippen LogP contribution < -0.4 is 4.74 Å². The summed E-state index contributed by atoms with van der Waals surface area (Å²) in [6, 6.07) is 3.47. The molecule has 164 valence electrons. The van der Waals surface area contributed by atoms with E-state index in [1.54, 1.807) is 0 Å². The van der Waals surface area contributed by atoms with Crippen LogP contribution in [0.1, 0.15) is 0 Å². The molecule has 3 rings (SSSR count). The van der Waals surface area contributed by atoms with Crippen LogP contribution >= 0.6 is 59.4 Å². The summed E-state index contributed by atoms with van der Waals surface area (Å²) in [7, 11) is 0. The zero-order valence-electron chi connectivity index (χ0n) is 14.3. The van der Waals surface area contributed by atoms with E-state index in [0.29, 0.717) is 9.47 Å². The second-order valence-corrected chi connectivity index (χ2v) is 7.67. The minimum absolute atomic E-state index is 0.108. The van der Waals surface area contributed by atoms with Gasteiger partial charge in [0.15, 0.2) is 4.73 Å². The van der Waals surface area contributed by atoms with Gasteiger partial charge in [0.1, 0.15) is 24.7 Å². The van der Waals surface area contributed by atoms with Crippen LogP contribution in [0.25, 0.3) is 0 Å². The second kappa shape index (κ2) is 11.3. The number of hydrogen-bond donors (Lipinski definition) is 0. The zero-order valence-corrected chi connectivity index (χ0v) is 19.8. The predicted molar refractivity (Wildman–Crippen MR) is 107 cm³/mol. The zero-order chi connectivity index (χ0) is 22.4. The Labute approximate surface area is 196 Å². The quantitative estimate of drug-likeness (QED) is 0.309. The van der Waals surface area contributed by atoms with E-state index in [1.807, 2.05) is 0 Å². The molecule has 0 saturated heterocycles. The fraction of sp³-hybridized carbons (Fsp3) is 0.286. The minimum atomic E-state index is -2.60. The van der Waals surface area contributed by atoms with Crippen LogP contribution in [0, 0.1) is 5.82 Å². The average Bonchev–Trinajstić information content (AvgIpc) is 3.11. The lowest BCUT2D eigenvalue weighted by atomic mass is 10.3. The molecule has 1 aromatic carbocycles. The number of aromatic nitrogens is 6. The minimum Gasteiger partial charge on any atom is -0.424 e. The third-order valence-corrected chi connectivity index (χ3v) is 4.48. The normalized spacial score (nSPS) is 11.0. The van der Waals surface area contributed by atoms with Crippen LogP contribution in [-0.4, -0.2) is 42.4 Å². The summed E-state index contributed by atoms with van der Waals surface area (Å²) in [5.41, 5.74) is 0. The van der Waals surface area contributed by atoms with Crippen LogP contribution in [0.15, 0.2) is 32.4 Å². The lowest BCUT2D eigenvalue weighted by molar-refractivity contribution is 0.117. The molecule has 2 aromatic heterocycles. The van der Waals surface area contributed by atoms with Gasteiger partial charge in [0, 0.05) is 6.07 Å². The van der Waals surface area contributed by atoms with Crippen LogP contribution in [0.5, 0.6) is 11.8 Å². The number of hydrogen-bond acceptors (Lipinski definition) is 5. The van der Waals surface area contributed by atoms with E-state index in [9.17, 15) is 22.0 Å². The molecule has 0 N–H and O–H groups in total. The number of ether oxygens (including phenoxy) is 1. The van der Waals surface area contributed by atoms with Gasteiger partial charge >= 0.3 is 6.01 Å². The summed E-state index contributed by atoms with van der Waals surface area (Å²) in [6.45, 7) is -1.11. The molecule has 30 heavy (non-hydrogen) atoms. The van der Waals surface area contributed by atoms with Gasteiger partial charge in [0.2, 0.25) is 9.47 Å². The van der Waals surface area contributed by atoms with E-state index in [0.717, 1.165) is 15.4 Å². The van der Waals surface area contributed by atoms with Crippen molar-refractivity contribution >= 4 is 59.4 Å². The molecular formula is C14H9Br3ClF5N6O. The third-order valence-electron chi connectivity index (χ3n) is 2.93. The summed E-state index contributed by atoms with van der Waals surface area (Å²) in [4.78, 5) is 7.50. The molecule has 0 aliphatic heterocycles. The molecule has 0 saturated carbocycles. The topological polar surface area (TPSA) is 70.7 Å².